The second-order valence-corrected chi connectivity index (χ2v) is 7.26. The number of aromatic nitrogens is 4. The van der Waals surface area contributed by atoms with Crippen LogP contribution < -0.4 is 0 Å². The SMILES string of the molecule is Cc1nc(CN(C)[C@H]2CCCN(Cc3cccc4cn[nH]c34)CC2)no1. The highest BCUT2D eigenvalue weighted by molar-refractivity contribution is 5.81. The van der Waals surface area contributed by atoms with Crippen molar-refractivity contribution in [2.75, 3.05) is 20.1 Å². The maximum atomic E-state index is 5.09. The van der Waals surface area contributed by atoms with Gasteiger partial charge in [-0.2, -0.15) is 10.1 Å². The molecule has 0 bridgehead atoms. The van der Waals surface area contributed by atoms with Crippen molar-refractivity contribution in [1.29, 1.82) is 0 Å². The Morgan fingerprint density at radius 1 is 1.31 bits per heavy atom. The average Bonchev–Trinajstić information content (AvgIpc) is 3.20. The molecule has 0 spiro atoms. The molecule has 0 amide bonds. The van der Waals surface area contributed by atoms with Crippen LogP contribution in [-0.2, 0) is 13.1 Å². The van der Waals surface area contributed by atoms with E-state index in [4.69, 9.17) is 4.52 Å². The Balaban J connectivity index is 1.36. The topological polar surface area (TPSA) is 74.1 Å². The zero-order chi connectivity index (χ0) is 17.9. The monoisotopic (exact) mass is 354 g/mol. The van der Waals surface area contributed by atoms with Crippen molar-refractivity contribution in [1.82, 2.24) is 30.1 Å². The molecule has 0 radical (unpaired) electrons. The molecule has 1 fully saturated rings. The first-order valence-corrected chi connectivity index (χ1v) is 9.32. The largest absolute Gasteiger partial charge is 0.340 e. The van der Waals surface area contributed by atoms with Gasteiger partial charge < -0.3 is 4.52 Å². The molecule has 0 saturated carbocycles. The molecule has 2 aromatic heterocycles. The van der Waals surface area contributed by atoms with Crippen molar-refractivity contribution in [3.05, 3.63) is 41.7 Å². The summed E-state index contributed by atoms with van der Waals surface area (Å²) >= 11 is 0. The van der Waals surface area contributed by atoms with Gasteiger partial charge in [0, 0.05) is 24.9 Å². The number of rotatable bonds is 5. The zero-order valence-corrected chi connectivity index (χ0v) is 15.5. The second-order valence-electron chi connectivity index (χ2n) is 7.26. The van der Waals surface area contributed by atoms with Crippen LogP contribution in [-0.4, -0.2) is 56.3 Å². The molecule has 1 aliphatic rings. The third-order valence-corrected chi connectivity index (χ3v) is 5.33. The fourth-order valence-electron chi connectivity index (χ4n) is 3.90. The number of nitrogens with zero attached hydrogens (tertiary/aromatic N) is 5. The number of fused-ring (bicyclic) bond motifs is 1. The molecule has 7 nitrogen and oxygen atoms in total. The van der Waals surface area contributed by atoms with Crippen molar-refractivity contribution < 1.29 is 4.52 Å². The summed E-state index contributed by atoms with van der Waals surface area (Å²) in [5.41, 5.74) is 2.49. The van der Waals surface area contributed by atoms with Gasteiger partial charge in [0.15, 0.2) is 5.82 Å². The van der Waals surface area contributed by atoms with Gasteiger partial charge in [-0.15, -0.1) is 0 Å². The molecular weight excluding hydrogens is 328 g/mol. The predicted octanol–water partition coefficient (Wildman–Crippen LogP) is 2.74. The van der Waals surface area contributed by atoms with E-state index in [1.165, 1.54) is 23.8 Å². The molecule has 1 atom stereocenters. The highest BCUT2D eigenvalue weighted by atomic mass is 16.5. The molecule has 26 heavy (non-hydrogen) atoms. The minimum atomic E-state index is 0.557. The minimum absolute atomic E-state index is 0.557. The van der Waals surface area contributed by atoms with E-state index >= 15 is 0 Å². The number of H-pyrrole nitrogens is 1. The first kappa shape index (κ1) is 17.2. The highest BCUT2D eigenvalue weighted by Crippen LogP contribution is 2.21. The molecule has 4 rings (SSSR count). The van der Waals surface area contributed by atoms with Gasteiger partial charge in [-0.3, -0.25) is 14.9 Å². The lowest BCUT2D eigenvalue weighted by Gasteiger charge is -2.26. The van der Waals surface area contributed by atoms with Gasteiger partial charge in [-0.25, -0.2) is 0 Å². The maximum absolute atomic E-state index is 5.09. The average molecular weight is 354 g/mol. The number of hydrogen-bond acceptors (Lipinski definition) is 6. The lowest BCUT2D eigenvalue weighted by molar-refractivity contribution is 0.200. The fraction of sp³-hybridized carbons (Fsp3) is 0.526. The van der Waals surface area contributed by atoms with E-state index in [0.717, 1.165) is 43.9 Å². The fourth-order valence-corrected chi connectivity index (χ4v) is 3.90. The van der Waals surface area contributed by atoms with Crippen LogP contribution in [0.15, 0.2) is 28.9 Å². The molecular formula is C19H26N6O. The van der Waals surface area contributed by atoms with Gasteiger partial charge in [0.25, 0.3) is 0 Å². The third-order valence-electron chi connectivity index (χ3n) is 5.33. The first-order chi connectivity index (χ1) is 12.7. The van der Waals surface area contributed by atoms with Gasteiger partial charge in [-0.05, 0) is 45.0 Å². The number of likely N-dealkylation sites (tertiary alicyclic amines) is 1. The van der Waals surface area contributed by atoms with Crippen LogP contribution >= 0.6 is 0 Å². The Bertz CT molecular complexity index is 856. The Kier molecular flexibility index (Phi) is 4.99. The van der Waals surface area contributed by atoms with Crippen LogP contribution in [0.2, 0.25) is 0 Å². The van der Waals surface area contributed by atoms with Crippen LogP contribution in [0.1, 0.15) is 36.5 Å². The van der Waals surface area contributed by atoms with Crippen molar-refractivity contribution in [3.63, 3.8) is 0 Å². The quantitative estimate of drug-likeness (QED) is 0.759. The number of aryl methyl sites for hydroxylation is 1. The summed E-state index contributed by atoms with van der Waals surface area (Å²) in [6, 6.07) is 6.99. The standard InChI is InChI=1S/C19H26N6O/c1-14-21-18(23-26-14)13-24(2)17-7-4-9-25(10-8-17)12-16-6-3-5-15-11-20-22-19(15)16/h3,5-6,11,17H,4,7-10,12-13H2,1-2H3,(H,20,22)/t17-/m0/s1. The van der Waals surface area contributed by atoms with E-state index in [1.54, 1.807) is 0 Å². The predicted molar refractivity (Wildman–Crippen MR) is 99.5 cm³/mol. The third kappa shape index (κ3) is 3.78. The molecule has 0 unspecified atom stereocenters. The smallest absolute Gasteiger partial charge is 0.223 e. The second kappa shape index (κ2) is 7.55. The van der Waals surface area contributed by atoms with E-state index in [9.17, 15) is 0 Å². The molecule has 1 N–H and O–H groups in total. The number of nitrogens with one attached hydrogen (secondary N) is 1. The lowest BCUT2D eigenvalue weighted by atomic mass is 10.1. The number of benzene rings is 1. The minimum Gasteiger partial charge on any atom is -0.340 e. The maximum Gasteiger partial charge on any atom is 0.223 e. The van der Waals surface area contributed by atoms with Crippen LogP contribution in [0.4, 0.5) is 0 Å². The van der Waals surface area contributed by atoms with Crippen LogP contribution in [0, 0.1) is 6.92 Å². The van der Waals surface area contributed by atoms with Gasteiger partial charge in [0.1, 0.15) is 0 Å². The first-order valence-electron chi connectivity index (χ1n) is 9.32. The molecule has 3 aromatic rings. The summed E-state index contributed by atoms with van der Waals surface area (Å²) in [6.07, 6.45) is 5.47. The van der Waals surface area contributed by atoms with Gasteiger partial charge >= 0.3 is 0 Å². The molecule has 1 saturated heterocycles. The Morgan fingerprint density at radius 2 is 2.23 bits per heavy atom. The van der Waals surface area contributed by atoms with Crippen LogP contribution in [0.3, 0.4) is 0 Å². The highest BCUT2D eigenvalue weighted by Gasteiger charge is 2.22. The molecule has 3 heterocycles. The number of para-hydroxylation sites is 1. The van der Waals surface area contributed by atoms with E-state index < -0.39 is 0 Å². The molecule has 1 aliphatic heterocycles. The molecule has 7 heteroatoms. The summed E-state index contributed by atoms with van der Waals surface area (Å²) in [5, 5.41) is 12.5. The van der Waals surface area contributed by atoms with E-state index in [-0.39, 0.29) is 0 Å². The van der Waals surface area contributed by atoms with Crippen molar-refractivity contribution in [3.8, 4) is 0 Å². The van der Waals surface area contributed by atoms with Crippen LogP contribution in [0.25, 0.3) is 10.9 Å². The molecule has 138 valence electrons. The number of aromatic amines is 1. The van der Waals surface area contributed by atoms with Gasteiger partial charge in [-0.1, -0.05) is 23.4 Å². The normalized spacial score (nSPS) is 19.3. The van der Waals surface area contributed by atoms with E-state index in [1.807, 2.05) is 13.1 Å². The van der Waals surface area contributed by atoms with E-state index in [2.05, 4.69) is 55.4 Å². The summed E-state index contributed by atoms with van der Waals surface area (Å²) < 4.78 is 5.09. The van der Waals surface area contributed by atoms with Crippen molar-refractivity contribution in [2.45, 2.75) is 45.3 Å². The van der Waals surface area contributed by atoms with E-state index in [0.29, 0.717) is 11.9 Å². The molecule has 0 aliphatic carbocycles. The Labute approximate surface area is 153 Å². The van der Waals surface area contributed by atoms with Crippen molar-refractivity contribution >= 4 is 10.9 Å². The van der Waals surface area contributed by atoms with Crippen molar-refractivity contribution in [2.24, 2.45) is 0 Å². The summed E-state index contributed by atoms with van der Waals surface area (Å²) in [5.74, 6) is 1.41. The summed E-state index contributed by atoms with van der Waals surface area (Å²) in [4.78, 5) is 9.25. The van der Waals surface area contributed by atoms with Gasteiger partial charge in [0.05, 0.1) is 18.3 Å². The zero-order valence-electron chi connectivity index (χ0n) is 15.5. The van der Waals surface area contributed by atoms with Gasteiger partial charge in [0.2, 0.25) is 5.89 Å². The molecule has 1 aromatic carbocycles. The Morgan fingerprint density at radius 3 is 3.08 bits per heavy atom. The van der Waals surface area contributed by atoms with Crippen LogP contribution in [0.5, 0.6) is 0 Å². The Hall–Kier alpha value is -2.25. The number of hydrogen-bond donors (Lipinski definition) is 1. The summed E-state index contributed by atoms with van der Waals surface area (Å²) in [6.45, 7) is 5.79. The summed E-state index contributed by atoms with van der Waals surface area (Å²) in [7, 11) is 2.16. The lowest BCUT2D eigenvalue weighted by Crippen LogP contribution is -2.33.